The highest BCUT2D eigenvalue weighted by atomic mass is 35.5. The van der Waals surface area contributed by atoms with Gasteiger partial charge < -0.3 is 10.4 Å². The third-order valence-corrected chi connectivity index (χ3v) is 6.51. The van der Waals surface area contributed by atoms with Crippen molar-refractivity contribution in [3.05, 3.63) is 95.0 Å². The Morgan fingerprint density at radius 1 is 1.03 bits per heavy atom. The number of amides is 2. The Morgan fingerprint density at radius 2 is 1.71 bits per heavy atom. The summed E-state index contributed by atoms with van der Waals surface area (Å²) in [6.45, 7) is 0.305. The number of benzene rings is 3. The molecule has 1 fully saturated rings. The van der Waals surface area contributed by atoms with Gasteiger partial charge in [0.2, 0.25) is 11.8 Å². The van der Waals surface area contributed by atoms with Crippen molar-refractivity contribution in [2.24, 2.45) is 4.99 Å². The van der Waals surface area contributed by atoms with Crippen molar-refractivity contribution in [3.63, 3.8) is 0 Å². The lowest BCUT2D eigenvalue weighted by Crippen LogP contribution is -2.44. The minimum Gasteiger partial charge on any atom is -0.478 e. The van der Waals surface area contributed by atoms with Gasteiger partial charge in [-0.1, -0.05) is 53.7 Å². The molecule has 1 unspecified atom stereocenters. The molecular formula is C25H20ClN3O4S. The number of aromatic carboxylic acids is 1. The molecule has 1 aliphatic rings. The van der Waals surface area contributed by atoms with Gasteiger partial charge in [0.1, 0.15) is 5.25 Å². The van der Waals surface area contributed by atoms with Crippen LogP contribution < -0.4 is 5.32 Å². The highest BCUT2D eigenvalue weighted by Crippen LogP contribution is 2.31. The molecule has 0 aromatic heterocycles. The van der Waals surface area contributed by atoms with Gasteiger partial charge in [0, 0.05) is 17.1 Å². The molecular weight excluding hydrogens is 474 g/mol. The fraction of sp³-hybridized carbons (Fsp3) is 0.120. The molecule has 2 amide bonds. The van der Waals surface area contributed by atoms with E-state index in [1.165, 1.54) is 36.0 Å². The Bertz CT molecular complexity index is 1230. The van der Waals surface area contributed by atoms with E-state index in [9.17, 15) is 14.4 Å². The van der Waals surface area contributed by atoms with Crippen molar-refractivity contribution in [1.29, 1.82) is 0 Å². The van der Waals surface area contributed by atoms with Gasteiger partial charge >= 0.3 is 5.97 Å². The minimum atomic E-state index is -1.05. The summed E-state index contributed by atoms with van der Waals surface area (Å²) < 4.78 is 0. The number of halogens is 1. The molecule has 7 nitrogen and oxygen atoms in total. The number of carbonyl (C=O) groups is 3. The molecule has 3 aromatic carbocycles. The van der Waals surface area contributed by atoms with E-state index in [1.54, 1.807) is 17.0 Å². The number of hydrogen-bond acceptors (Lipinski definition) is 5. The number of carboxylic acid groups (broad SMARTS) is 1. The Hall–Kier alpha value is -3.62. The summed E-state index contributed by atoms with van der Waals surface area (Å²) in [6, 6.07) is 22.3. The van der Waals surface area contributed by atoms with Crippen LogP contribution in [0.1, 0.15) is 22.3 Å². The van der Waals surface area contributed by atoms with Crippen LogP contribution in [0.5, 0.6) is 0 Å². The zero-order valence-electron chi connectivity index (χ0n) is 17.8. The first-order valence-electron chi connectivity index (χ1n) is 10.4. The van der Waals surface area contributed by atoms with Crippen LogP contribution in [0.2, 0.25) is 5.02 Å². The third kappa shape index (κ3) is 5.84. The second-order valence-electron chi connectivity index (χ2n) is 7.52. The predicted octanol–water partition coefficient (Wildman–Crippen LogP) is 5.20. The number of carboxylic acids is 1. The second kappa shape index (κ2) is 10.5. The summed E-state index contributed by atoms with van der Waals surface area (Å²) in [6.07, 6.45) is 0.00507. The fourth-order valence-electron chi connectivity index (χ4n) is 3.30. The van der Waals surface area contributed by atoms with E-state index in [0.29, 0.717) is 28.1 Å². The van der Waals surface area contributed by atoms with Crippen molar-refractivity contribution in [3.8, 4) is 0 Å². The van der Waals surface area contributed by atoms with Crippen molar-refractivity contribution < 1.29 is 19.5 Å². The number of thioether (sulfide) groups is 1. The summed E-state index contributed by atoms with van der Waals surface area (Å²) in [5.74, 6) is -1.62. The molecule has 3 aromatic rings. The van der Waals surface area contributed by atoms with Crippen LogP contribution in [-0.2, 0) is 16.1 Å². The standard InChI is InChI=1S/C25H20ClN3O4S/c26-18-10-6-16(7-11-18)15-29-22(30)14-21(34-25(29)28-19-4-2-1-3-5-19)23(31)27-20-12-8-17(9-13-20)24(32)33/h1-13,21H,14-15H2,(H,27,31)(H,32,33). The van der Waals surface area contributed by atoms with Gasteiger partial charge in [-0.15, -0.1) is 0 Å². The molecule has 0 radical (unpaired) electrons. The smallest absolute Gasteiger partial charge is 0.335 e. The van der Waals surface area contributed by atoms with Crippen LogP contribution in [0.15, 0.2) is 83.9 Å². The molecule has 9 heteroatoms. The van der Waals surface area contributed by atoms with Crippen LogP contribution in [0, 0.1) is 0 Å². The average molecular weight is 494 g/mol. The summed E-state index contributed by atoms with van der Waals surface area (Å²) in [5, 5.41) is 12.1. The Labute approximate surface area is 205 Å². The van der Waals surface area contributed by atoms with Gasteiger partial charge in [0.15, 0.2) is 5.17 Å². The van der Waals surface area contributed by atoms with E-state index >= 15 is 0 Å². The Kier molecular flexibility index (Phi) is 7.30. The third-order valence-electron chi connectivity index (χ3n) is 5.07. The highest BCUT2D eigenvalue weighted by molar-refractivity contribution is 8.15. The normalized spacial score (nSPS) is 17.0. The number of amidine groups is 1. The molecule has 2 N–H and O–H groups in total. The first-order valence-corrected chi connectivity index (χ1v) is 11.6. The first kappa shape index (κ1) is 23.5. The molecule has 0 spiro atoms. The number of aliphatic imine (C=N–C) groups is 1. The van der Waals surface area contributed by atoms with Crippen LogP contribution >= 0.6 is 23.4 Å². The van der Waals surface area contributed by atoms with Crippen LogP contribution in [0.25, 0.3) is 0 Å². The highest BCUT2D eigenvalue weighted by Gasteiger charge is 2.36. The topological polar surface area (TPSA) is 99.1 Å². The van der Waals surface area contributed by atoms with Crippen molar-refractivity contribution in [1.82, 2.24) is 4.90 Å². The van der Waals surface area contributed by atoms with Gasteiger partial charge in [-0.05, 0) is 54.1 Å². The molecule has 34 heavy (non-hydrogen) atoms. The van der Waals surface area contributed by atoms with Crippen LogP contribution in [0.3, 0.4) is 0 Å². The number of para-hydroxylation sites is 1. The summed E-state index contributed by atoms with van der Waals surface area (Å²) in [5.41, 5.74) is 2.13. The summed E-state index contributed by atoms with van der Waals surface area (Å²) in [4.78, 5) is 43.3. The lowest BCUT2D eigenvalue weighted by molar-refractivity contribution is -0.129. The molecule has 0 bridgehead atoms. The molecule has 1 aliphatic heterocycles. The van der Waals surface area contributed by atoms with Gasteiger partial charge in [-0.25, -0.2) is 9.79 Å². The lowest BCUT2D eigenvalue weighted by Gasteiger charge is -2.32. The van der Waals surface area contributed by atoms with Gasteiger partial charge in [-0.3, -0.25) is 14.5 Å². The molecule has 4 rings (SSSR count). The predicted molar refractivity (Wildman–Crippen MR) is 134 cm³/mol. The minimum absolute atomic E-state index is 0.00507. The van der Waals surface area contributed by atoms with Crippen LogP contribution in [-0.4, -0.2) is 38.2 Å². The van der Waals surface area contributed by atoms with E-state index in [1.807, 2.05) is 42.5 Å². The average Bonchev–Trinajstić information content (AvgIpc) is 2.83. The number of hydrogen-bond donors (Lipinski definition) is 2. The van der Waals surface area contributed by atoms with Crippen molar-refractivity contribution >= 4 is 57.7 Å². The van der Waals surface area contributed by atoms with Gasteiger partial charge in [-0.2, -0.15) is 0 Å². The monoisotopic (exact) mass is 493 g/mol. The summed E-state index contributed by atoms with van der Waals surface area (Å²) in [7, 11) is 0. The summed E-state index contributed by atoms with van der Waals surface area (Å²) >= 11 is 7.20. The maximum atomic E-state index is 13.1. The maximum absolute atomic E-state index is 13.1. The van der Waals surface area contributed by atoms with Gasteiger partial charge in [0.25, 0.3) is 0 Å². The zero-order valence-corrected chi connectivity index (χ0v) is 19.4. The van der Waals surface area contributed by atoms with E-state index in [0.717, 1.165) is 5.56 Å². The number of carbonyl (C=O) groups excluding carboxylic acids is 2. The number of rotatable bonds is 6. The molecule has 0 aliphatic carbocycles. The maximum Gasteiger partial charge on any atom is 0.335 e. The lowest BCUT2D eigenvalue weighted by atomic mass is 10.2. The number of anilines is 1. The van der Waals surface area contributed by atoms with E-state index in [-0.39, 0.29) is 23.8 Å². The fourth-order valence-corrected chi connectivity index (χ4v) is 4.53. The molecule has 0 saturated carbocycles. The SMILES string of the molecule is O=C(O)c1ccc(NC(=O)C2CC(=O)N(Cc3ccc(Cl)cc3)C(=Nc3ccccc3)S2)cc1. The Balaban J connectivity index is 1.55. The van der Waals surface area contributed by atoms with Crippen molar-refractivity contribution in [2.45, 2.75) is 18.2 Å². The quantitative estimate of drug-likeness (QED) is 0.491. The van der Waals surface area contributed by atoms with E-state index in [2.05, 4.69) is 10.3 Å². The van der Waals surface area contributed by atoms with Gasteiger partial charge in [0.05, 0.1) is 17.8 Å². The number of nitrogens with zero attached hydrogens (tertiary/aromatic N) is 2. The second-order valence-corrected chi connectivity index (χ2v) is 9.12. The first-order chi connectivity index (χ1) is 16.4. The zero-order chi connectivity index (χ0) is 24.1. The number of nitrogens with one attached hydrogen (secondary N) is 1. The molecule has 1 saturated heterocycles. The molecule has 1 atom stereocenters. The Morgan fingerprint density at radius 3 is 2.35 bits per heavy atom. The van der Waals surface area contributed by atoms with E-state index < -0.39 is 11.2 Å². The largest absolute Gasteiger partial charge is 0.478 e. The van der Waals surface area contributed by atoms with Crippen LogP contribution in [0.4, 0.5) is 11.4 Å². The molecule has 1 heterocycles. The molecule has 172 valence electrons. The van der Waals surface area contributed by atoms with Crippen molar-refractivity contribution in [2.75, 3.05) is 5.32 Å². The van der Waals surface area contributed by atoms with E-state index in [4.69, 9.17) is 16.7 Å².